The highest BCUT2D eigenvalue weighted by Gasteiger charge is 2.17. The lowest BCUT2D eigenvalue weighted by Gasteiger charge is -2.12. The summed E-state index contributed by atoms with van der Waals surface area (Å²) in [4.78, 5) is 20.8. The van der Waals surface area contributed by atoms with E-state index in [2.05, 4.69) is 21.8 Å². The summed E-state index contributed by atoms with van der Waals surface area (Å²) in [7, 11) is 0. The van der Waals surface area contributed by atoms with Gasteiger partial charge in [-0.05, 0) is 50.1 Å². The number of hydrogen-bond donors (Lipinski definition) is 0. The first-order chi connectivity index (χ1) is 13.2. The number of rotatable bonds is 4. The quantitative estimate of drug-likeness (QED) is 0.673. The van der Waals surface area contributed by atoms with Gasteiger partial charge < -0.3 is 4.74 Å². The number of aromatic nitrogens is 3. The molecule has 0 aliphatic heterocycles. The highest BCUT2D eigenvalue weighted by Crippen LogP contribution is 2.27. The van der Waals surface area contributed by atoms with Gasteiger partial charge in [-0.25, -0.2) is 9.97 Å². The molecule has 0 saturated heterocycles. The smallest absolute Gasteiger partial charge is 0.258 e. The Bertz CT molecular complexity index is 1060. The normalized spacial score (nSPS) is 12.9. The van der Waals surface area contributed by atoms with Gasteiger partial charge in [-0.15, -0.1) is 0 Å². The predicted molar refractivity (Wildman–Crippen MR) is 103 cm³/mol. The van der Waals surface area contributed by atoms with Crippen LogP contribution in [0, 0.1) is 24.7 Å². The van der Waals surface area contributed by atoms with Crippen LogP contribution in [0.1, 0.15) is 29.9 Å². The molecule has 0 atom stereocenters. The lowest BCUT2D eigenvalue weighted by Crippen LogP contribution is -2.20. The molecule has 0 N–H and O–H groups in total. The fourth-order valence-corrected chi connectivity index (χ4v) is 2.75. The molecule has 2 heterocycles. The van der Waals surface area contributed by atoms with Gasteiger partial charge in [0.15, 0.2) is 5.82 Å². The molecule has 5 nitrogen and oxygen atoms in total. The van der Waals surface area contributed by atoms with Gasteiger partial charge in [0.1, 0.15) is 12.4 Å². The molecule has 5 heteroatoms. The van der Waals surface area contributed by atoms with E-state index >= 15 is 0 Å². The van der Waals surface area contributed by atoms with Crippen LogP contribution in [0.2, 0.25) is 0 Å². The van der Waals surface area contributed by atoms with Gasteiger partial charge in [-0.2, -0.15) is 0 Å². The lowest BCUT2D eigenvalue weighted by atomic mass is 10.2. The van der Waals surface area contributed by atoms with Crippen molar-refractivity contribution in [3.8, 4) is 23.3 Å². The van der Waals surface area contributed by atoms with Crippen molar-refractivity contribution < 1.29 is 4.74 Å². The van der Waals surface area contributed by atoms with Gasteiger partial charge in [0.05, 0.1) is 0 Å². The Hall–Kier alpha value is -3.39. The minimum atomic E-state index is -0.143. The molecule has 3 aromatic rings. The zero-order chi connectivity index (χ0) is 18.6. The van der Waals surface area contributed by atoms with E-state index in [0.29, 0.717) is 17.5 Å². The second-order valence-corrected chi connectivity index (χ2v) is 6.55. The van der Waals surface area contributed by atoms with Crippen molar-refractivity contribution in [2.45, 2.75) is 26.4 Å². The molecule has 1 saturated carbocycles. The van der Waals surface area contributed by atoms with E-state index in [-0.39, 0.29) is 12.2 Å². The molecule has 27 heavy (non-hydrogen) atoms. The second kappa shape index (κ2) is 7.46. The van der Waals surface area contributed by atoms with E-state index in [1.807, 2.05) is 37.3 Å². The summed E-state index contributed by atoms with van der Waals surface area (Å²) >= 11 is 0. The van der Waals surface area contributed by atoms with E-state index in [1.165, 1.54) is 18.9 Å². The van der Waals surface area contributed by atoms with Crippen LogP contribution < -0.4 is 10.3 Å². The van der Waals surface area contributed by atoms with Gasteiger partial charge in [0.25, 0.3) is 5.56 Å². The monoisotopic (exact) mass is 357 g/mol. The lowest BCUT2D eigenvalue weighted by molar-refractivity contribution is 0.294. The van der Waals surface area contributed by atoms with Crippen molar-refractivity contribution in [1.29, 1.82) is 0 Å². The molecule has 2 aromatic heterocycles. The molecule has 134 valence electrons. The van der Waals surface area contributed by atoms with Gasteiger partial charge in [0, 0.05) is 47.4 Å². The SMILES string of the molecule is Cc1cc(OCc2ncccn2)cc(=O)n1-c1ccc(C#CC2CC2)cc1. The van der Waals surface area contributed by atoms with E-state index in [0.717, 1.165) is 16.9 Å². The Kier molecular flexibility index (Phi) is 4.71. The number of pyridine rings is 1. The van der Waals surface area contributed by atoms with E-state index in [9.17, 15) is 4.79 Å². The van der Waals surface area contributed by atoms with Crippen LogP contribution >= 0.6 is 0 Å². The molecule has 0 radical (unpaired) electrons. The molecule has 0 spiro atoms. The Morgan fingerprint density at radius 3 is 2.56 bits per heavy atom. The number of ether oxygens (including phenoxy) is 1. The molecular formula is C22H19N3O2. The summed E-state index contributed by atoms with van der Waals surface area (Å²) in [6.45, 7) is 2.10. The summed E-state index contributed by atoms with van der Waals surface area (Å²) in [5.74, 6) is 8.08. The average molecular weight is 357 g/mol. The summed E-state index contributed by atoms with van der Waals surface area (Å²) in [5.41, 5.74) is 2.44. The van der Waals surface area contributed by atoms with Gasteiger partial charge in [-0.3, -0.25) is 9.36 Å². The number of benzene rings is 1. The fraction of sp³-hybridized carbons (Fsp3) is 0.227. The van der Waals surface area contributed by atoms with Crippen molar-refractivity contribution in [2.24, 2.45) is 5.92 Å². The maximum Gasteiger partial charge on any atom is 0.258 e. The van der Waals surface area contributed by atoms with Crippen LogP contribution in [0.4, 0.5) is 0 Å². The summed E-state index contributed by atoms with van der Waals surface area (Å²) in [6.07, 6.45) is 5.75. The van der Waals surface area contributed by atoms with Crippen molar-refractivity contribution >= 4 is 0 Å². The van der Waals surface area contributed by atoms with Gasteiger partial charge in [0.2, 0.25) is 0 Å². The van der Waals surface area contributed by atoms with Gasteiger partial charge in [-0.1, -0.05) is 11.8 Å². The molecule has 0 unspecified atom stereocenters. The molecule has 1 aliphatic rings. The maximum absolute atomic E-state index is 12.6. The van der Waals surface area contributed by atoms with E-state index < -0.39 is 0 Å². The van der Waals surface area contributed by atoms with Gasteiger partial charge >= 0.3 is 0 Å². The first-order valence-electron chi connectivity index (χ1n) is 8.93. The number of aryl methyl sites for hydroxylation is 1. The summed E-state index contributed by atoms with van der Waals surface area (Å²) in [6, 6.07) is 12.8. The molecular weight excluding hydrogens is 338 g/mol. The van der Waals surface area contributed by atoms with Crippen LogP contribution in [0.15, 0.2) is 59.7 Å². The third-order valence-corrected chi connectivity index (χ3v) is 4.30. The van der Waals surface area contributed by atoms with E-state index in [1.54, 1.807) is 23.0 Å². The number of hydrogen-bond acceptors (Lipinski definition) is 4. The van der Waals surface area contributed by atoms with Crippen LogP contribution in [0.5, 0.6) is 5.75 Å². The number of nitrogens with zero attached hydrogens (tertiary/aromatic N) is 3. The highest BCUT2D eigenvalue weighted by atomic mass is 16.5. The minimum absolute atomic E-state index is 0.143. The van der Waals surface area contributed by atoms with Crippen LogP contribution in [0.25, 0.3) is 5.69 Å². The molecule has 1 aromatic carbocycles. The van der Waals surface area contributed by atoms with E-state index in [4.69, 9.17) is 4.74 Å². The zero-order valence-corrected chi connectivity index (χ0v) is 15.1. The Balaban J connectivity index is 1.53. The van der Waals surface area contributed by atoms with Crippen molar-refractivity contribution in [1.82, 2.24) is 14.5 Å². The van der Waals surface area contributed by atoms with Crippen molar-refractivity contribution in [2.75, 3.05) is 0 Å². The topological polar surface area (TPSA) is 57.0 Å². The first kappa shape index (κ1) is 17.0. The van der Waals surface area contributed by atoms with Crippen molar-refractivity contribution in [3.05, 3.63) is 82.3 Å². The second-order valence-electron chi connectivity index (χ2n) is 6.55. The molecule has 1 fully saturated rings. The third kappa shape index (κ3) is 4.24. The van der Waals surface area contributed by atoms with Crippen LogP contribution in [-0.4, -0.2) is 14.5 Å². The Morgan fingerprint density at radius 1 is 1.15 bits per heavy atom. The Morgan fingerprint density at radius 2 is 1.89 bits per heavy atom. The molecule has 1 aliphatic carbocycles. The standard InChI is InChI=1S/C22H19N3O2/c1-16-13-20(27-15-21-23-11-2-12-24-21)14-22(26)25(16)19-9-7-18(8-10-19)6-5-17-3-4-17/h2,7-14,17H,3-4,15H2,1H3. The largest absolute Gasteiger partial charge is 0.485 e. The maximum atomic E-state index is 12.6. The zero-order valence-electron chi connectivity index (χ0n) is 15.1. The van der Waals surface area contributed by atoms with Crippen LogP contribution in [-0.2, 0) is 6.61 Å². The Labute approximate surface area is 157 Å². The molecule has 0 amide bonds. The first-order valence-corrected chi connectivity index (χ1v) is 8.93. The third-order valence-electron chi connectivity index (χ3n) is 4.30. The minimum Gasteiger partial charge on any atom is -0.485 e. The molecule has 0 bridgehead atoms. The predicted octanol–water partition coefficient (Wildman–Crippen LogP) is 3.28. The fourth-order valence-electron chi connectivity index (χ4n) is 2.75. The summed E-state index contributed by atoms with van der Waals surface area (Å²) < 4.78 is 7.32. The average Bonchev–Trinajstić information content (AvgIpc) is 3.51. The molecule has 4 rings (SSSR count). The van der Waals surface area contributed by atoms with Crippen LogP contribution in [0.3, 0.4) is 0 Å². The highest BCUT2D eigenvalue weighted by molar-refractivity contribution is 5.44. The van der Waals surface area contributed by atoms with Crippen molar-refractivity contribution in [3.63, 3.8) is 0 Å². The summed E-state index contributed by atoms with van der Waals surface area (Å²) in [5, 5.41) is 0.